The average molecular weight is 363 g/mol. The molecule has 0 unspecified atom stereocenters. The molecule has 1 atom stereocenters. The molecule has 1 fully saturated rings. The van der Waals surface area contributed by atoms with Crippen LogP contribution >= 0.6 is 23.2 Å². The van der Waals surface area contributed by atoms with Crippen LogP contribution in [-0.2, 0) is 9.59 Å². The maximum absolute atomic E-state index is 12.5. The van der Waals surface area contributed by atoms with Crippen molar-refractivity contribution < 1.29 is 9.59 Å². The van der Waals surface area contributed by atoms with E-state index in [1.807, 2.05) is 31.2 Å². The number of halogens is 2. The van der Waals surface area contributed by atoms with Crippen molar-refractivity contribution in [2.75, 3.05) is 16.8 Å². The van der Waals surface area contributed by atoms with Crippen molar-refractivity contribution in [3.05, 3.63) is 58.1 Å². The zero-order valence-corrected chi connectivity index (χ0v) is 14.6. The van der Waals surface area contributed by atoms with Gasteiger partial charge in [0.2, 0.25) is 11.8 Å². The SMILES string of the molecule is Cc1cccc(N2C[C@H](C(=O)Nc3cccc(Cl)c3Cl)CC2=O)c1. The molecule has 0 aliphatic carbocycles. The molecule has 1 N–H and O–H groups in total. The molecule has 1 aliphatic rings. The van der Waals surface area contributed by atoms with Gasteiger partial charge in [-0.05, 0) is 36.8 Å². The van der Waals surface area contributed by atoms with Gasteiger partial charge in [-0.15, -0.1) is 0 Å². The molecule has 2 aromatic carbocycles. The molecule has 0 aromatic heterocycles. The third-order valence-electron chi connectivity index (χ3n) is 4.02. The van der Waals surface area contributed by atoms with Crippen LogP contribution < -0.4 is 10.2 Å². The lowest BCUT2D eigenvalue weighted by molar-refractivity contribution is -0.122. The molecule has 2 aromatic rings. The lowest BCUT2D eigenvalue weighted by Gasteiger charge is -2.17. The number of rotatable bonds is 3. The molecular weight excluding hydrogens is 347 g/mol. The van der Waals surface area contributed by atoms with Gasteiger partial charge in [0, 0.05) is 18.7 Å². The highest BCUT2D eigenvalue weighted by Gasteiger charge is 2.35. The molecule has 124 valence electrons. The molecule has 1 aliphatic heterocycles. The van der Waals surface area contributed by atoms with Crippen molar-refractivity contribution in [1.82, 2.24) is 0 Å². The molecule has 3 rings (SSSR count). The predicted octanol–water partition coefficient (Wildman–Crippen LogP) is 4.29. The molecule has 0 saturated carbocycles. The molecule has 0 radical (unpaired) electrons. The summed E-state index contributed by atoms with van der Waals surface area (Å²) in [5.74, 6) is -0.714. The fourth-order valence-electron chi connectivity index (χ4n) is 2.76. The van der Waals surface area contributed by atoms with Crippen LogP contribution in [0.2, 0.25) is 10.0 Å². The van der Waals surface area contributed by atoms with Gasteiger partial charge in [-0.25, -0.2) is 0 Å². The Morgan fingerprint density at radius 3 is 2.71 bits per heavy atom. The predicted molar refractivity (Wildman–Crippen MR) is 96.7 cm³/mol. The van der Waals surface area contributed by atoms with E-state index in [1.54, 1.807) is 23.1 Å². The topological polar surface area (TPSA) is 49.4 Å². The number of nitrogens with one attached hydrogen (secondary N) is 1. The van der Waals surface area contributed by atoms with Crippen LogP contribution in [0.4, 0.5) is 11.4 Å². The number of carbonyl (C=O) groups is 2. The average Bonchev–Trinajstić information content (AvgIpc) is 2.94. The Labute approximate surface area is 150 Å². The number of anilines is 2. The first-order valence-electron chi connectivity index (χ1n) is 7.57. The third kappa shape index (κ3) is 3.40. The highest BCUT2D eigenvalue weighted by molar-refractivity contribution is 6.44. The summed E-state index contributed by atoms with van der Waals surface area (Å²) in [5.41, 5.74) is 2.34. The molecule has 0 spiro atoms. The number of benzene rings is 2. The Morgan fingerprint density at radius 1 is 1.21 bits per heavy atom. The lowest BCUT2D eigenvalue weighted by atomic mass is 10.1. The van der Waals surface area contributed by atoms with E-state index in [9.17, 15) is 9.59 Å². The molecule has 4 nitrogen and oxygen atoms in total. The minimum absolute atomic E-state index is 0.0575. The summed E-state index contributed by atoms with van der Waals surface area (Å²) in [6.45, 7) is 2.32. The van der Waals surface area contributed by atoms with Crippen LogP contribution in [0, 0.1) is 12.8 Å². The number of hydrogen-bond acceptors (Lipinski definition) is 2. The largest absolute Gasteiger partial charge is 0.324 e. The third-order valence-corrected chi connectivity index (χ3v) is 4.84. The Morgan fingerprint density at radius 2 is 1.96 bits per heavy atom. The Balaban J connectivity index is 1.73. The van der Waals surface area contributed by atoms with Crippen molar-refractivity contribution in [3.8, 4) is 0 Å². The van der Waals surface area contributed by atoms with E-state index in [4.69, 9.17) is 23.2 Å². The summed E-state index contributed by atoms with van der Waals surface area (Å²) in [7, 11) is 0. The first kappa shape index (κ1) is 16.8. The van der Waals surface area contributed by atoms with Gasteiger partial charge in [-0.3, -0.25) is 9.59 Å². The van der Waals surface area contributed by atoms with Gasteiger partial charge in [-0.1, -0.05) is 41.4 Å². The number of carbonyl (C=O) groups excluding carboxylic acids is 2. The minimum Gasteiger partial charge on any atom is -0.324 e. The van der Waals surface area contributed by atoms with E-state index in [1.165, 1.54) is 0 Å². The van der Waals surface area contributed by atoms with Crippen LogP contribution in [0.25, 0.3) is 0 Å². The van der Waals surface area contributed by atoms with Gasteiger partial charge >= 0.3 is 0 Å². The summed E-state index contributed by atoms with van der Waals surface area (Å²) in [6, 6.07) is 12.7. The standard InChI is InChI=1S/C18H16Cl2N2O2/c1-11-4-2-5-13(8-11)22-10-12(9-16(22)23)18(24)21-15-7-3-6-14(19)17(15)20/h2-8,12H,9-10H2,1H3,(H,21,24)/t12-/m1/s1. The van der Waals surface area contributed by atoms with Crippen molar-refractivity contribution in [2.24, 2.45) is 5.92 Å². The second-order valence-corrected chi connectivity index (χ2v) is 6.62. The number of aryl methyl sites for hydroxylation is 1. The molecule has 2 amide bonds. The van der Waals surface area contributed by atoms with E-state index < -0.39 is 5.92 Å². The zero-order chi connectivity index (χ0) is 17.3. The summed E-state index contributed by atoms with van der Waals surface area (Å²) in [6.07, 6.45) is 0.179. The number of hydrogen-bond donors (Lipinski definition) is 1. The summed E-state index contributed by atoms with van der Waals surface area (Å²) >= 11 is 12.0. The summed E-state index contributed by atoms with van der Waals surface area (Å²) in [4.78, 5) is 26.4. The van der Waals surface area contributed by atoms with Crippen molar-refractivity contribution in [1.29, 1.82) is 0 Å². The summed E-state index contributed by atoms with van der Waals surface area (Å²) < 4.78 is 0. The first-order valence-corrected chi connectivity index (χ1v) is 8.33. The second-order valence-electron chi connectivity index (χ2n) is 5.84. The van der Waals surface area contributed by atoms with Gasteiger partial charge in [0.05, 0.1) is 21.7 Å². The highest BCUT2D eigenvalue weighted by Crippen LogP contribution is 2.31. The van der Waals surface area contributed by atoms with Crippen LogP contribution in [0.15, 0.2) is 42.5 Å². The second kappa shape index (κ2) is 6.83. The van der Waals surface area contributed by atoms with Crippen LogP contribution in [0.1, 0.15) is 12.0 Å². The Kier molecular flexibility index (Phi) is 4.78. The van der Waals surface area contributed by atoms with Gasteiger partial charge < -0.3 is 10.2 Å². The van der Waals surface area contributed by atoms with Gasteiger partial charge in [0.1, 0.15) is 0 Å². The van der Waals surface area contributed by atoms with Crippen LogP contribution in [0.5, 0.6) is 0 Å². The van der Waals surface area contributed by atoms with Crippen molar-refractivity contribution in [2.45, 2.75) is 13.3 Å². The van der Waals surface area contributed by atoms with E-state index in [0.29, 0.717) is 22.3 Å². The number of amides is 2. The Bertz CT molecular complexity index is 807. The van der Waals surface area contributed by atoms with Gasteiger partial charge in [0.15, 0.2) is 0 Å². The molecule has 0 bridgehead atoms. The summed E-state index contributed by atoms with van der Waals surface area (Å²) in [5, 5.41) is 3.43. The normalized spacial score (nSPS) is 17.2. The van der Waals surface area contributed by atoms with E-state index >= 15 is 0 Å². The van der Waals surface area contributed by atoms with Crippen molar-refractivity contribution >= 4 is 46.4 Å². The molecular formula is C18H16Cl2N2O2. The van der Waals surface area contributed by atoms with E-state index in [-0.39, 0.29) is 18.2 Å². The van der Waals surface area contributed by atoms with Gasteiger partial charge in [0.25, 0.3) is 0 Å². The smallest absolute Gasteiger partial charge is 0.229 e. The maximum Gasteiger partial charge on any atom is 0.229 e. The van der Waals surface area contributed by atoms with E-state index in [0.717, 1.165) is 11.3 Å². The maximum atomic E-state index is 12.5. The van der Waals surface area contributed by atoms with Crippen LogP contribution in [-0.4, -0.2) is 18.4 Å². The molecule has 24 heavy (non-hydrogen) atoms. The monoisotopic (exact) mass is 362 g/mol. The molecule has 1 heterocycles. The lowest BCUT2D eigenvalue weighted by Crippen LogP contribution is -2.28. The quantitative estimate of drug-likeness (QED) is 0.884. The Hall–Kier alpha value is -2.04. The van der Waals surface area contributed by atoms with Crippen molar-refractivity contribution in [3.63, 3.8) is 0 Å². The van der Waals surface area contributed by atoms with Gasteiger partial charge in [-0.2, -0.15) is 0 Å². The molecule has 6 heteroatoms. The minimum atomic E-state index is -0.423. The molecule has 1 saturated heterocycles. The zero-order valence-electron chi connectivity index (χ0n) is 13.1. The fraction of sp³-hybridized carbons (Fsp3) is 0.222. The first-order chi connectivity index (χ1) is 11.5. The van der Waals surface area contributed by atoms with E-state index in [2.05, 4.69) is 5.32 Å². The fourth-order valence-corrected chi connectivity index (χ4v) is 3.11. The highest BCUT2D eigenvalue weighted by atomic mass is 35.5. The number of nitrogens with zero attached hydrogens (tertiary/aromatic N) is 1. The van der Waals surface area contributed by atoms with Crippen LogP contribution in [0.3, 0.4) is 0 Å².